The molecule has 30 heavy (non-hydrogen) atoms. The van der Waals surface area contributed by atoms with Crippen LogP contribution in [0.1, 0.15) is 23.2 Å². The van der Waals surface area contributed by atoms with Crippen molar-refractivity contribution in [2.45, 2.75) is 26.1 Å². The van der Waals surface area contributed by atoms with Crippen molar-refractivity contribution < 1.29 is 22.4 Å². The number of carbonyl (C=O) groups excluding carboxylic acids is 1. The van der Waals surface area contributed by atoms with Gasteiger partial charge in [0.2, 0.25) is 5.91 Å². The lowest BCUT2D eigenvalue weighted by molar-refractivity contribution is -0.140. The summed E-state index contributed by atoms with van der Waals surface area (Å²) in [7, 11) is 0. The molecule has 0 aliphatic heterocycles. The second kappa shape index (κ2) is 12.7. The maximum absolute atomic E-state index is 12.9. The van der Waals surface area contributed by atoms with Crippen LogP contribution in [0.2, 0.25) is 0 Å². The fourth-order valence-corrected chi connectivity index (χ4v) is 2.96. The molecule has 3 N–H and O–H groups in total. The molecule has 0 bridgehead atoms. The number of carbonyl (C=O) groups is 1. The first-order valence-corrected chi connectivity index (χ1v) is 9.71. The van der Waals surface area contributed by atoms with Crippen LogP contribution in [-0.2, 0) is 23.9 Å². The van der Waals surface area contributed by atoms with E-state index in [9.17, 15) is 22.4 Å². The Balaban J connectivity index is 0.00000450. The van der Waals surface area contributed by atoms with Gasteiger partial charge < -0.3 is 16.0 Å². The molecule has 0 saturated heterocycles. The molecule has 1 heterocycles. The number of nitrogens with one attached hydrogen (secondary N) is 3. The van der Waals surface area contributed by atoms with Gasteiger partial charge in [-0.05, 0) is 24.6 Å². The van der Waals surface area contributed by atoms with Gasteiger partial charge in [-0.1, -0.05) is 12.1 Å². The van der Waals surface area contributed by atoms with Crippen molar-refractivity contribution in [1.29, 1.82) is 0 Å². The van der Waals surface area contributed by atoms with E-state index in [1.54, 1.807) is 12.1 Å². The van der Waals surface area contributed by atoms with Crippen LogP contribution >= 0.6 is 35.3 Å². The number of thiazole rings is 1. The number of aromatic nitrogens is 1. The summed E-state index contributed by atoms with van der Waals surface area (Å²) < 4.78 is 50.6. The van der Waals surface area contributed by atoms with Crippen LogP contribution in [0.15, 0.2) is 34.6 Å². The van der Waals surface area contributed by atoms with Gasteiger partial charge in [0.1, 0.15) is 10.8 Å². The predicted octanol–water partition coefficient (Wildman–Crippen LogP) is 3.33. The summed E-state index contributed by atoms with van der Waals surface area (Å²) in [6.07, 6.45) is -4.33. The highest BCUT2D eigenvalue weighted by Gasteiger charge is 2.33. The largest absolute Gasteiger partial charge is 0.434 e. The van der Waals surface area contributed by atoms with Crippen molar-refractivity contribution in [3.05, 3.63) is 51.7 Å². The summed E-state index contributed by atoms with van der Waals surface area (Å²) >= 11 is 0.896. The van der Waals surface area contributed by atoms with Gasteiger partial charge in [-0.25, -0.2) is 14.4 Å². The summed E-state index contributed by atoms with van der Waals surface area (Å²) in [5.41, 5.74) is -0.219. The third-order valence-electron chi connectivity index (χ3n) is 3.58. The van der Waals surface area contributed by atoms with Gasteiger partial charge in [0, 0.05) is 25.0 Å². The van der Waals surface area contributed by atoms with E-state index in [2.05, 4.69) is 25.9 Å². The Morgan fingerprint density at radius 3 is 2.40 bits per heavy atom. The zero-order chi connectivity index (χ0) is 21.3. The molecule has 6 nitrogen and oxygen atoms in total. The number of guanidine groups is 1. The van der Waals surface area contributed by atoms with Gasteiger partial charge in [-0.2, -0.15) is 13.2 Å². The van der Waals surface area contributed by atoms with Gasteiger partial charge in [-0.15, -0.1) is 35.3 Å². The lowest BCUT2D eigenvalue weighted by atomic mass is 10.1. The van der Waals surface area contributed by atoms with Crippen LogP contribution in [0.3, 0.4) is 0 Å². The van der Waals surface area contributed by atoms with Gasteiger partial charge >= 0.3 is 6.18 Å². The molecule has 0 aliphatic carbocycles. The number of aliphatic imine (C=N–C) groups is 1. The quantitative estimate of drug-likeness (QED) is 0.153. The predicted molar refractivity (Wildman–Crippen MR) is 118 cm³/mol. The van der Waals surface area contributed by atoms with Crippen LogP contribution in [0.25, 0.3) is 0 Å². The van der Waals surface area contributed by atoms with E-state index >= 15 is 0 Å². The van der Waals surface area contributed by atoms with Crippen LogP contribution in [0, 0.1) is 5.82 Å². The molecule has 0 atom stereocenters. The van der Waals surface area contributed by atoms with Crippen LogP contribution < -0.4 is 16.0 Å². The number of hydrogen-bond donors (Lipinski definition) is 3. The second-order valence-corrected chi connectivity index (χ2v) is 6.84. The van der Waals surface area contributed by atoms with Crippen molar-refractivity contribution in [3.8, 4) is 0 Å². The average molecular weight is 559 g/mol. The molecule has 0 saturated carbocycles. The van der Waals surface area contributed by atoms with E-state index in [1.807, 2.05) is 6.92 Å². The Kier molecular flexibility index (Phi) is 11.0. The molecular formula is C18H22F4IN5OS. The molecule has 1 aromatic heterocycles. The number of nitrogens with zero attached hydrogens (tertiary/aromatic N) is 2. The Bertz CT molecular complexity index is 827. The molecule has 0 radical (unpaired) electrons. The summed E-state index contributed by atoms with van der Waals surface area (Å²) in [6, 6.07) is 5.69. The molecule has 0 fully saturated rings. The fourth-order valence-electron chi connectivity index (χ4n) is 2.24. The van der Waals surface area contributed by atoms with Crippen molar-refractivity contribution in [2.24, 2.45) is 4.99 Å². The van der Waals surface area contributed by atoms with E-state index in [1.165, 1.54) is 12.1 Å². The topological polar surface area (TPSA) is 78.4 Å². The molecule has 1 amide bonds. The second-order valence-electron chi connectivity index (χ2n) is 5.90. The number of benzene rings is 1. The highest BCUT2D eigenvalue weighted by Crippen LogP contribution is 2.30. The Hall–Kier alpha value is -1.96. The van der Waals surface area contributed by atoms with Gasteiger partial charge in [0.25, 0.3) is 0 Å². The lowest BCUT2D eigenvalue weighted by Gasteiger charge is -2.11. The summed E-state index contributed by atoms with van der Waals surface area (Å²) in [4.78, 5) is 19.6. The molecule has 1 aromatic carbocycles. The SMILES string of the molecule is CCNC(=NCc1nc(C(F)(F)F)cs1)NCCNC(=O)Cc1ccc(F)cc1.I. The molecule has 12 heteroatoms. The lowest BCUT2D eigenvalue weighted by Crippen LogP contribution is -2.41. The number of hydrogen-bond acceptors (Lipinski definition) is 4. The van der Waals surface area contributed by atoms with Crippen LogP contribution in [0.5, 0.6) is 0 Å². The summed E-state index contributed by atoms with van der Waals surface area (Å²) in [5.74, 6) is -0.159. The number of rotatable bonds is 8. The Morgan fingerprint density at radius 1 is 1.13 bits per heavy atom. The van der Waals surface area contributed by atoms with E-state index in [0.717, 1.165) is 16.7 Å². The van der Waals surface area contributed by atoms with E-state index in [-0.39, 0.29) is 53.7 Å². The van der Waals surface area contributed by atoms with E-state index in [4.69, 9.17) is 0 Å². The monoisotopic (exact) mass is 559 g/mol. The van der Waals surface area contributed by atoms with E-state index in [0.29, 0.717) is 31.2 Å². The molecular weight excluding hydrogens is 537 g/mol. The molecule has 2 aromatic rings. The minimum absolute atomic E-state index is 0. The van der Waals surface area contributed by atoms with Gasteiger partial charge in [0.15, 0.2) is 11.7 Å². The first-order valence-electron chi connectivity index (χ1n) is 8.83. The third-order valence-corrected chi connectivity index (χ3v) is 4.41. The van der Waals surface area contributed by atoms with Gasteiger partial charge in [-0.3, -0.25) is 4.79 Å². The molecule has 0 spiro atoms. The first kappa shape index (κ1) is 26.1. The summed E-state index contributed by atoms with van der Waals surface area (Å²) in [5, 5.41) is 9.89. The van der Waals surface area contributed by atoms with Crippen molar-refractivity contribution >= 4 is 47.2 Å². The minimum Gasteiger partial charge on any atom is -0.357 e. The van der Waals surface area contributed by atoms with E-state index < -0.39 is 11.9 Å². The number of alkyl halides is 3. The van der Waals surface area contributed by atoms with Crippen molar-refractivity contribution in [1.82, 2.24) is 20.9 Å². The fraction of sp³-hybridized carbons (Fsp3) is 0.389. The Morgan fingerprint density at radius 2 is 1.80 bits per heavy atom. The Labute approximate surface area is 192 Å². The number of halogens is 5. The highest BCUT2D eigenvalue weighted by atomic mass is 127. The van der Waals surface area contributed by atoms with Crippen LogP contribution in [0.4, 0.5) is 17.6 Å². The van der Waals surface area contributed by atoms with Crippen LogP contribution in [-0.4, -0.2) is 36.5 Å². The minimum atomic E-state index is -4.46. The smallest absolute Gasteiger partial charge is 0.357 e. The maximum Gasteiger partial charge on any atom is 0.434 e. The first-order chi connectivity index (χ1) is 13.8. The number of amides is 1. The summed E-state index contributed by atoms with van der Waals surface area (Å²) in [6.45, 7) is 3.11. The average Bonchev–Trinajstić information content (AvgIpc) is 3.14. The zero-order valence-electron chi connectivity index (χ0n) is 16.1. The maximum atomic E-state index is 12.9. The van der Waals surface area contributed by atoms with Gasteiger partial charge in [0.05, 0.1) is 13.0 Å². The molecule has 0 aliphatic rings. The zero-order valence-corrected chi connectivity index (χ0v) is 19.2. The molecule has 166 valence electrons. The third kappa shape index (κ3) is 9.24. The normalized spacial score (nSPS) is 11.6. The standard InChI is InChI=1S/C18H21F4N5OS.HI/c1-2-23-17(26-10-16-27-14(11-29-16)18(20,21)22)25-8-7-24-15(28)9-12-3-5-13(19)6-4-12;/h3-6,11H,2,7-10H2,1H3,(H,24,28)(H2,23,25,26);1H. The highest BCUT2D eigenvalue weighted by molar-refractivity contribution is 14.0. The van der Waals surface area contributed by atoms with Crippen molar-refractivity contribution in [2.75, 3.05) is 19.6 Å². The van der Waals surface area contributed by atoms with Crippen molar-refractivity contribution in [3.63, 3.8) is 0 Å². The molecule has 0 unspecified atom stereocenters. The molecule has 2 rings (SSSR count).